The molecule has 0 saturated heterocycles. The topological polar surface area (TPSA) is 17.1 Å². The fourth-order valence-corrected chi connectivity index (χ4v) is 1.63. The van der Waals surface area contributed by atoms with Crippen molar-refractivity contribution in [3.05, 3.63) is 0 Å². The first-order valence-corrected chi connectivity index (χ1v) is 6.04. The van der Waals surface area contributed by atoms with Crippen molar-refractivity contribution in [2.45, 2.75) is 70.6 Å². The van der Waals surface area contributed by atoms with E-state index in [1.54, 1.807) is 0 Å². The van der Waals surface area contributed by atoms with Gasteiger partial charge in [0.05, 0.1) is 0 Å². The van der Waals surface area contributed by atoms with E-state index in [-0.39, 0.29) is 4.87 Å². The molecule has 0 unspecified atom stereocenters. The zero-order valence-corrected chi connectivity index (χ0v) is 10.5. The molecule has 0 spiro atoms. The van der Waals surface area contributed by atoms with Crippen molar-refractivity contribution in [2.75, 3.05) is 0 Å². The third kappa shape index (κ3) is 10.0. The number of alkyl halides is 1. The minimum Gasteiger partial charge on any atom is -0.300 e. The Labute approximate surface area is 93.2 Å². The molecule has 84 valence electrons. The zero-order valence-electron chi connectivity index (χ0n) is 9.74. The van der Waals surface area contributed by atoms with Gasteiger partial charge in [0, 0.05) is 17.7 Å². The molecule has 0 fully saturated rings. The summed E-state index contributed by atoms with van der Waals surface area (Å²) in [6.45, 7) is 5.98. The van der Waals surface area contributed by atoms with E-state index in [1.807, 2.05) is 13.8 Å². The van der Waals surface area contributed by atoms with Crippen LogP contribution >= 0.6 is 11.6 Å². The monoisotopic (exact) mass is 218 g/mol. The number of Topliss-reactive ketones (excluding diaryl/α,β-unsaturated/α-hetero) is 1. The van der Waals surface area contributed by atoms with Crippen LogP contribution in [0.2, 0.25) is 0 Å². The Balaban J connectivity index is 3.36. The maximum Gasteiger partial charge on any atom is 0.134 e. The van der Waals surface area contributed by atoms with Gasteiger partial charge in [-0.2, -0.15) is 0 Å². The Hall–Kier alpha value is -0.0400. The molecule has 0 rings (SSSR count). The predicted molar refractivity (Wildman–Crippen MR) is 62.9 cm³/mol. The van der Waals surface area contributed by atoms with Gasteiger partial charge in [-0.15, -0.1) is 11.6 Å². The van der Waals surface area contributed by atoms with Crippen molar-refractivity contribution in [1.29, 1.82) is 0 Å². The molecule has 1 nitrogen and oxygen atoms in total. The van der Waals surface area contributed by atoms with Crippen LogP contribution in [0.5, 0.6) is 0 Å². The van der Waals surface area contributed by atoms with Crippen LogP contribution in [0.15, 0.2) is 0 Å². The lowest BCUT2D eigenvalue weighted by Crippen LogP contribution is -2.16. The summed E-state index contributed by atoms with van der Waals surface area (Å²) in [7, 11) is 0. The van der Waals surface area contributed by atoms with E-state index < -0.39 is 0 Å². The van der Waals surface area contributed by atoms with Crippen molar-refractivity contribution in [2.24, 2.45) is 0 Å². The van der Waals surface area contributed by atoms with Crippen molar-refractivity contribution in [1.82, 2.24) is 0 Å². The fourth-order valence-electron chi connectivity index (χ4n) is 1.48. The number of unbranched alkanes of at least 4 members (excludes halogenated alkanes) is 4. The van der Waals surface area contributed by atoms with Crippen LogP contribution in [0.3, 0.4) is 0 Å². The number of rotatable bonds is 8. The summed E-state index contributed by atoms with van der Waals surface area (Å²) in [6, 6.07) is 0. The van der Waals surface area contributed by atoms with Gasteiger partial charge in [-0.1, -0.05) is 32.6 Å². The van der Waals surface area contributed by atoms with Gasteiger partial charge >= 0.3 is 0 Å². The van der Waals surface area contributed by atoms with Gasteiger partial charge in [0.2, 0.25) is 0 Å². The first kappa shape index (κ1) is 14.0. The second-order valence-electron chi connectivity index (χ2n) is 4.60. The first-order chi connectivity index (χ1) is 6.45. The molecular weight excluding hydrogens is 196 g/mol. The van der Waals surface area contributed by atoms with Crippen LogP contribution in [0.25, 0.3) is 0 Å². The molecule has 0 amide bonds. The molecule has 0 aliphatic carbocycles. The van der Waals surface area contributed by atoms with Gasteiger partial charge < -0.3 is 0 Å². The number of halogens is 1. The number of hydrogen-bond donors (Lipinski definition) is 0. The maximum atomic E-state index is 11.4. The molecule has 14 heavy (non-hydrogen) atoms. The molecule has 0 bridgehead atoms. The highest BCUT2D eigenvalue weighted by molar-refractivity contribution is 6.24. The molecular formula is C12H23ClO. The van der Waals surface area contributed by atoms with Crippen LogP contribution in [0.4, 0.5) is 0 Å². The normalized spacial score (nSPS) is 11.7. The minimum absolute atomic E-state index is 0.307. The average molecular weight is 219 g/mol. The van der Waals surface area contributed by atoms with Crippen LogP contribution in [-0.2, 0) is 4.79 Å². The van der Waals surface area contributed by atoms with E-state index in [9.17, 15) is 4.79 Å². The predicted octanol–water partition coefficient (Wildman–Crippen LogP) is 4.32. The average Bonchev–Trinajstić information content (AvgIpc) is 2.00. The fraction of sp³-hybridized carbons (Fsp3) is 0.917. The summed E-state index contributed by atoms with van der Waals surface area (Å²) >= 11 is 5.97. The number of ketones is 1. The zero-order chi connectivity index (χ0) is 11.0. The largest absolute Gasteiger partial charge is 0.300 e. The number of carbonyl (C=O) groups is 1. The van der Waals surface area contributed by atoms with E-state index in [4.69, 9.17) is 11.6 Å². The number of hydrogen-bond acceptors (Lipinski definition) is 1. The van der Waals surface area contributed by atoms with Gasteiger partial charge in [0.15, 0.2) is 0 Å². The van der Waals surface area contributed by atoms with Gasteiger partial charge in [-0.3, -0.25) is 4.79 Å². The quantitative estimate of drug-likeness (QED) is 0.438. The third-order valence-electron chi connectivity index (χ3n) is 2.18. The smallest absolute Gasteiger partial charge is 0.134 e. The summed E-state index contributed by atoms with van der Waals surface area (Å²) in [5.41, 5.74) is 0. The lowest BCUT2D eigenvalue weighted by Gasteiger charge is -2.13. The Morgan fingerprint density at radius 3 is 2.21 bits per heavy atom. The van der Waals surface area contributed by atoms with Crippen LogP contribution < -0.4 is 0 Å². The van der Waals surface area contributed by atoms with E-state index >= 15 is 0 Å². The Morgan fingerprint density at radius 1 is 1.14 bits per heavy atom. The first-order valence-electron chi connectivity index (χ1n) is 5.66. The summed E-state index contributed by atoms with van der Waals surface area (Å²) < 4.78 is 0. The lowest BCUT2D eigenvalue weighted by atomic mass is 10.0. The standard InChI is InChI=1S/C12H23ClO/c1-4-5-6-7-8-9-11(14)10-12(2,3)13/h4-10H2,1-3H3. The highest BCUT2D eigenvalue weighted by atomic mass is 35.5. The Morgan fingerprint density at radius 2 is 1.71 bits per heavy atom. The van der Waals surface area contributed by atoms with Crippen molar-refractivity contribution in [3.63, 3.8) is 0 Å². The Kier molecular flexibility index (Phi) is 7.26. The maximum absolute atomic E-state index is 11.4. The molecule has 0 aromatic rings. The molecule has 0 saturated carbocycles. The van der Waals surface area contributed by atoms with E-state index in [1.165, 1.54) is 25.7 Å². The molecule has 0 atom stereocenters. The second kappa shape index (κ2) is 7.28. The third-order valence-corrected chi connectivity index (χ3v) is 2.31. The highest BCUT2D eigenvalue weighted by Crippen LogP contribution is 2.19. The van der Waals surface area contributed by atoms with Gasteiger partial charge in [0.1, 0.15) is 5.78 Å². The molecule has 2 heteroatoms. The minimum atomic E-state index is -0.361. The van der Waals surface area contributed by atoms with Gasteiger partial charge in [-0.05, 0) is 20.3 Å². The summed E-state index contributed by atoms with van der Waals surface area (Å²) in [5.74, 6) is 0.307. The van der Waals surface area contributed by atoms with Crippen LogP contribution in [-0.4, -0.2) is 10.7 Å². The lowest BCUT2D eigenvalue weighted by molar-refractivity contribution is -0.119. The van der Waals surface area contributed by atoms with Crippen molar-refractivity contribution in [3.8, 4) is 0 Å². The highest BCUT2D eigenvalue weighted by Gasteiger charge is 2.17. The van der Waals surface area contributed by atoms with Gasteiger partial charge in [-0.25, -0.2) is 0 Å². The van der Waals surface area contributed by atoms with Crippen LogP contribution in [0, 0.1) is 0 Å². The van der Waals surface area contributed by atoms with Crippen molar-refractivity contribution < 1.29 is 4.79 Å². The Bertz CT molecular complexity index is 158. The molecule has 0 aromatic heterocycles. The molecule has 0 aliphatic heterocycles. The van der Waals surface area contributed by atoms with Crippen LogP contribution in [0.1, 0.15) is 65.7 Å². The molecule has 0 radical (unpaired) electrons. The summed E-state index contributed by atoms with van der Waals surface area (Å²) in [6.07, 6.45) is 7.22. The van der Waals surface area contributed by atoms with E-state index in [2.05, 4.69) is 6.92 Å². The molecule has 0 N–H and O–H groups in total. The summed E-state index contributed by atoms with van der Waals surface area (Å²) in [4.78, 5) is 11.0. The molecule has 0 heterocycles. The van der Waals surface area contributed by atoms with E-state index in [0.717, 1.165) is 6.42 Å². The van der Waals surface area contributed by atoms with Gasteiger partial charge in [0.25, 0.3) is 0 Å². The molecule has 0 aromatic carbocycles. The van der Waals surface area contributed by atoms with Crippen molar-refractivity contribution >= 4 is 17.4 Å². The number of carbonyl (C=O) groups excluding carboxylic acids is 1. The molecule has 0 aliphatic rings. The second-order valence-corrected chi connectivity index (χ2v) is 5.62. The SMILES string of the molecule is CCCCCCCC(=O)CC(C)(C)Cl. The van der Waals surface area contributed by atoms with E-state index in [0.29, 0.717) is 18.6 Å². The summed E-state index contributed by atoms with van der Waals surface area (Å²) in [5, 5.41) is 0.